The number of carboxylic acid groups (broad SMARTS) is 1. The first-order valence-electron chi connectivity index (χ1n) is 8.94. The van der Waals surface area contributed by atoms with Gasteiger partial charge in [-0.25, -0.2) is 23.2 Å². The number of pyridine rings is 1. The summed E-state index contributed by atoms with van der Waals surface area (Å²) in [6.07, 6.45) is -2.68. The molecule has 0 saturated carbocycles. The van der Waals surface area contributed by atoms with Gasteiger partial charge in [0.25, 0.3) is 6.43 Å². The number of alkyl halides is 2. The average molecular weight is 393 g/mol. The second-order valence-electron chi connectivity index (χ2n) is 6.81. The second kappa shape index (κ2) is 7.09. The van der Waals surface area contributed by atoms with Crippen molar-refractivity contribution in [1.29, 1.82) is 0 Å². The molecule has 2 aromatic heterocycles. The number of aromatic carboxylic acids is 1. The van der Waals surface area contributed by atoms with E-state index in [1.165, 1.54) is 22.9 Å². The molecule has 0 radical (unpaired) electrons. The van der Waals surface area contributed by atoms with Crippen LogP contribution in [0.4, 0.5) is 8.78 Å². The van der Waals surface area contributed by atoms with Gasteiger partial charge in [-0.05, 0) is 44.2 Å². The minimum absolute atomic E-state index is 0.128. The largest absolute Gasteiger partial charge is 0.478 e. The number of hydrogen-bond acceptors (Lipinski definition) is 3. The molecular formula is C22H17F2N3O2. The van der Waals surface area contributed by atoms with Crippen molar-refractivity contribution in [2.45, 2.75) is 20.3 Å². The molecule has 1 N–H and O–H groups in total. The molecule has 146 valence electrons. The molecular weight excluding hydrogens is 376 g/mol. The highest BCUT2D eigenvalue weighted by molar-refractivity contribution is 5.89. The van der Waals surface area contributed by atoms with E-state index in [2.05, 4.69) is 10.1 Å². The molecule has 7 heteroatoms. The molecule has 4 aromatic rings. The molecule has 0 bridgehead atoms. The second-order valence-corrected chi connectivity index (χ2v) is 6.81. The molecule has 0 atom stereocenters. The Labute approximate surface area is 165 Å². The molecule has 2 heterocycles. The number of nitrogens with zero attached hydrogens (tertiary/aromatic N) is 3. The topological polar surface area (TPSA) is 68.0 Å². The molecule has 5 nitrogen and oxygen atoms in total. The quantitative estimate of drug-likeness (QED) is 0.508. The number of halogens is 2. The Morgan fingerprint density at radius 1 is 1.03 bits per heavy atom. The number of aromatic nitrogens is 3. The number of carboxylic acids is 1. The van der Waals surface area contributed by atoms with Gasteiger partial charge in [0.15, 0.2) is 5.65 Å². The van der Waals surface area contributed by atoms with Gasteiger partial charge in [-0.3, -0.25) is 0 Å². The van der Waals surface area contributed by atoms with Crippen molar-refractivity contribution < 1.29 is 18.7 Å². The number of aryl methyl sites for hydroxylation is 2. The van der Waals surface area contributed by atoms with E-state index in [0.29, 0.717) is 28.1 Å². The summed E-state index contributed by atoms with van der Waals surface area (Å²) in [6.45, 7) is 3.60. The van der Waals surface area contributed by atoms with Gasteiger partial charge in [0.1, 0.15) is 0 Å². The molecule has 29 heavy (non-hydrogen) atoms. The SMILES string of the molecule is Cc1ccc(-c2cc(C(F)F)c3c(C)nn(-c4ccc(C(=O)O)cc4)c3n2)cc1. The first-order valence-corrected chi connectivity index (χ1v) is 8.94. The molecule has 0 fully saturated rings. The summed E-state index contributed by atoms with van der Waals surface area (Å²) in [6, 6.07) is 14.9. The number of rotatable bonds is 4. The van der Waals surface area contributed by atoms with Crippen LogP contribution in [-0.2, 0) is 0 Å². The van der Waals surface area contributed by atoms with Crippen LogP contribution >= 0.6 is 0 Å². The van der Waals surface area contributed by atoms with Gasteiger partial charge in [0, 0.05) is 11.1 Å². The van der Waals surface area contributed by atoms with Crippen molar-refractivity contribution in [3.8, 4) is 16.9 Å². The van der Waals surface area contributed by atoms with Gasteiger partial charge in [-0.15, -0.1) is 0 Å². The van der Waals surface area contributed by atoms with Crippen molar-refractivity contribution in [1.82, 2.24) is 14.8 Å². The number of benzene rings is 2. The van der Waals surface area contributed by atoms with Gasteiger partial charge in [0.2, 0.25) is 0 Å². The Bertz CT molecular complexity index is 1210. The highest BCUT2D eigenvalue weighted by Crippen LogP contribution is 2.34. The molecule has 0 spiro atoms. The minimum atomic E-state index is -2.68. The van der Waals surface area contributed by atoms with Crippen LogP contribution in [0.2, 0.25) is 0 Å². The lowest BCUT2D eigenvalue weighted by Crippen LogP contribution is -2.01. The van der Waals surface area contributed by atoms with E-state index in [9.17, 15) is 13.6 Å². The van der Waals surface area contributed by atoms with E-state index in [4.69, 9.17) is 5.11 Å². The zero-order valence-corrected chi connectivity index (χ0v) is 15.7. The third-order valence-corrected chi connectivity index (χ3v) is 4.78. The lowest BCUT2D eigenvalue weighted by Gasteiger charge is -2.09. The van der Waals surface area contributed by atoms with Gasteiger partial charge < -0.3 is 5.11 Å². The average Bonchev–Trinajstić information content (AvgIpc) is 3.04. The third kappa shape index (κ3) is 3.35. The number of carbonyl (C=O) groups is 1. The van der Waals surface area contributed by atoms with Gasteiger partial charge in [0.05, 0.1) is 28.0 Å². The van der Waals surface area contributed by atoms with Crippen LogP contribution in [0.3, 0.4) is 0 Å². The maximum Gasteiger partial charge on any atom is 0.335 e. The van der Waals surface area contributed by atoms with Crippen molar-refractivity contribution in [3.05, 3.63) is 77.0 Å². The Morgan fingerprint density at radius 2 is 1.69 bits per heavy atom. The van der Waals surface area contributed by atoms with E-state index in [-0.39, 0.29) is 11.1 Å². The molecule has 0 aliphatic heterocycles. The van der Waals surface area contributed by atoms with Crippen molar-refractivity contribution in [3.63, 3.8) is 0 Å². The summed E-state index contributed by atoms with van der Waals surface area (Å²) in [5, 5.41) is 13.8. The van der Waals surface area contributed by atoms with E-state index in [0.717, 1.165) is 11.1 Å². The smallest absolute Gasteiger partial charge is 0.335 e. The zero-order chi connectivity index (χ0) is 20.7. The Kier molecular flexibility index (Phi) is 4.58. The minimum Gasteiger partial charge on any atom is -0.478 e. The van der Waals surface area contributed by atoms with Crippen LogP contribution in [0.15, 0.2) is 54.6 Å². The molecule has 2 aromatic carbocycles. The highest BCUT2D eigenvalue weighted by Gasteiger charge is 2.21. The molecule has 0 aliphatic carbocycles. The molecule has 0 unspecified atom stereocenters. The Hall–Kier alpha value is -3.61. The van der Waals surface area contributed by atoms with Crippen LogP contribution < -0.4 is 0 Å². The van der Waals surface area contributed by atoms with Crippen molar-refractivity contribution >= 4 is 17.0 Å². The Balaban J connectivity index is 1.96. The monoisotopic (exact) mass is 393 g/mol. The fraction of sp³-hybridized carbons (Fsp3) is 0.136. The van der Waals surface area contributed by atoms with Crippen LogP contribution in [-0.4, -0.2) is 25.8 Å². The summed E-state index contributed by atoms with van der Waals surface area (Å²) < 4.78 is 29.2. The van der Waals surface area contributed by atoms with E-state index in [1.54, 1.807) is 19.1 Å². The normalized spacial score (nSPS) is 11.3. The van der Waals surface area contributed by atoms with Crippen LogP contribution in [0.25, 0.3) is 28.0 Å². The molecule has 0 aliphatic rings. The van der Waals surface area contributed by atoms with Crippen LogP contribution in [0, 0.1) is 13.8 Å². The standard InChI is InChI=1S/C22H17F2N3O2/c1-12-3-5-14(6-4-12)18-11-17(20(23)24)19-13(2)26-27(21(19)25-18)16-9-7-15(8-10-16)22(28)29/h3-11,20H,1-2H3,(H,28,29). The van der Waals surface area contributed by atoms with Crippen LogP contribution in [0.1, 0.15) is 33.6 Å². The molecule has 0 amide bonds. The third-order valence-electron chi connectivity index (χ3n) is 4.78. The maximum absolute atomic E-state index is 13.9. The summed E-state index contributed by atoms with van der Waals surface area (Å²) in [7, 11) is 0. The Morgan fingerprint density at radius 3 is 2.28 bits per heavy atom. The fourth-order valence-corrected chi connectivity index (χ4v) is 3.29. The van der Waals surface area contributed by atoms with Crippen LogP contribution in [0.5, 0.6) is 0 Å². The van der Waals surface area contributed by atoms with E-state index >= 15 is 0 Å². The summed E-state index contributed by atoms with van der Waals surface area (Å²) in [5.74, 6) is -1.04. The highest BCUT2D eigenvalue weighted by atomic mass is 19.3. The number of hydrogen-bond donors (Lipinski definition) is 1. The first kappa shape index (κ1) is 18.7. The molecule has 4 rings (SSSR count). The summed E-state index contributed by atoms with van der Waals surface area (Å²) >= 11 is 0. The van der Waals surface area contributed by atoms with E-state index < -0.39 is 12.4 Å². The first-order chi connectivity index (χ1) is 13.8. The predicted octanol–water partition coefficient (Wildman–Crippen LogP) is 5.34. The van der Waals surface area contributed by atoms with E-state index in [1.807, 2.05) is 31.2 Å². The number of fused-ring (bicyclic) bond motifs is 1. The predicted molar refractivity (Wildman–Crippen MR) is 106 cm³/mol. The van der Waals surface area contributed by atoms with Gasteiger partial charge in [-0.1, -0.05) is 29.8 Å². The van der Waals surface area contributed by atoms with Gasteiger partial charge in [-0.2, -0.15) is 5.10 Å². The fourth-order valence-electron chi connectivity index (χ4n) is 3.29. The lowest BCUT2D eigenvalue weighted by atomic mass is 10.0. The van der Waals surface area contributed by atoms with Crippen molar-refractivity contribution in [2.75, 3.05) is 0 Å². The summed E-state index contributed by atoms with van der Waals surface area (Å²) in [4.78, 5) is 15.7. The maximum atomic E-state index is 13.9. The van der Waals surface area contributed by atoms with Gasteiger partial charge >= 0.3 is 5.97 Å². The zero-order valence-electron chi connectivity index (χ0n) is 15.7. The summed E-state index contributed by atoms with van der Waals surface area (Å²) in [5.41, 5.74) is 3.49. The van der Waals surface area contributed by atoms with Crippen molar-refractivity contribution in [2.24, 2.45) is 0 Å². The molecule has 0 saturated heterocycles. The lowest BCUT2D eigenvalue weighted by molar-refractivity contribution is 0.0697.